The van der Waals surface area contributed by atoms with Crippen LogP contribution in [0.15, 0.2) is 82.6 Å². The maximum Gasteiger partial charge on any atom is 0.271 e. The summed E-state index contributed by atoms with van der Waals surface area (Å²) in [7, 11) is -3.65. The zero-order valence-electron chi connectivity index (χ0n) is 15.9. The fraction of sp³-hybridized carbons (Fsp3) is 0. The summed E-state index contributed by atoms with van der Waals surface area (Å²) in [6, 6.07) is 15.8. The quantitative estimate of drug-likeness (QED) is 0.407. The molecule has 3 N–H and O–H groups in total. The van der Waals surface area contributed by atoms with Gasteiger partial charge in [0.15, 0.2) is 5.82 Å². The first-order valence-electron chi connectivity index (χ1n) is 9.00. The van der Waals surface area contributed by atoms with E-state index in [4.69, 9.17) is 0 Å². The normalized spacial score (nSPS) is 11.1. The number of amides is 1. The number of anilines is 2. The van der Waals surface area contributed by atoms with Gasteiger partial charge in [0.1, 0.15) is 9.96 Å². The third kappa shape index (κ3) is 4.87. The number of phenols is 1. The van der Waals surface area contributed by atoms with Gasteiger partial charge >= 0.3 is 0 Å². The zero-order chi connectivity index (χ0) is 21.8. The summed E-state index contributed by atoms with van der Waals surface area (Å²) in [5.74, 6) is 0.136. The molecule has 156 valence electrons. The molecule has 2 aromatic heterocycles. The molecule has 0 saturated carbocycles. The Labute approximate surface area is 182 Å². The molecule has 0 unspecified atom stereocenters. The van der Waals surface area contributed by atoms with E-state index in [2.05, 4.69) is 20.0 Å². The lowest BCUT2D eigenvalue weighted by Crippen LogP contribution is -2.14. The van der Waals surface area contributed by atoms with Crippen LogP contribution in [-0.4, -0.2) is 29.4 Å². The molecule has 2 heterocycles. The number of thiophene rings is 1. The van der Waals surface area contributed by atoms with Gasteiger partial charge in [-0.25, -0.2) is 18.4 Å². The second kappa shape index (κ2) is 8.54. The number of rotatable bonds is 6. The first-order chi connectivity index (χ1) is 14.9. The van der Waals surface area contributed by atoms with Crippen LogP contribution in [0.2, 0.25) is 0 Å². The number of carbonyl (C=O) groups is 1. The van der Waals surface area contributed by atoms with Crippen LogP contribution in [-0.2, 0) is 10.0 Å². The number of benzene rings is 2. The maximum atomic E-state index is 12.5. The number of hydrogen-bond acceptors (Lipinski definition) is 7. The molecule has 0 aliphatic rings. The van der Waals surface area contributed by atoms with E-state index in [0.29, 0.717) is 28.3 Å². The summed E-state index contributed by atoms with van der Waals surface area (Å²) >= 11 is 1.12. The molecule has 0 radical (unpaired) electrons. The Morgan fingerprint density at radius 2 is 1.68 bits per heavy atom. The Morgan fingerprint density at radius 3 is 2.32 bits per heavy atom. The van der Waals surface area contributed by atoms with Crippen LogP contribution in [0.1, 0.15) is 10.4 Å². The van der Waals surface area contributed by atoms with Crippen molar-refractivity contribution in [3.05, 3.63) is 84.0 Å². The summed E-state index contributed by atoms with van der Waals surface area (Å²) in [6.07, 6.45) is 2.93. The van der Waals surface area contributed by atoms with Gasteiger partial charge in [0.2, 0.25) is 0 Å². The molecular weight excluding hydrogens is 436 g/mol. The van der Waals surface area contributed by atoms with Gasteiger partial charge in [0.25, 0.3) is 15.9 Å². The van der Waals surface area contributed by atoms with Crippen molar-refractivity contribution in [3.63, 3.8) is 0 Å². The van der Waals surface area contributed by atoms with Crippen molar-refractivity contribution >= 4 is 38.6 Å². The summed E-state index contributed by atoms with van der Waals surface area (Å²) in [5, 5.41) is 13.9. The van der Waals surface area contributed by atoms with Gasteiger partial charge in [-0.3, -0.25) is 9.52 Å². The van der Waals surface area contributed by atoms with Crippen molar-refractivity contribution in [2.24, 2.45) is 0 Å². The summed E-state index contributed by atoms with van der Waals surface area (Å²) in [4.78, 5) is 20.9. The van der Waals surface area contributed by atoms with E-state index in [9.17, 15) is 18.3 Å². The van der Waals surface area contributed by atoms with E-state index in [-0.39, 0.29) is 15.9 Å². The van der Waals surface area contributed by atoms with Crippen molar-refractivity contribution in [2.75, 3.05) is 10.0 Å². The monoisotopic (exact) mass is 452 g/mol. The number of phenolic OH excluding ortho intramolecular Hbond substituents is 1. The average Bonchev–Trinajstić information content (AvgIpc) is 3.31. The van der Waals surface area contributed by atoms with Gasteiger partial charge in [-0.2, -0.15) is 0 Å². The SMILES string of the molecule is O=C(Nc1cnc(-c2cccc(O)c2)nc1)c1ccc(NS(=O)(=O)c2cccs2)cc1. The molecule has 4 rings (SSSR count). The van der Waals surface area contributed by atoms with Gasteiger partial charge in [-0.05, 0) is 47.8 Å². The van der Waals surface area contributed by atoms with E-state index in [0.717, 1.165) is 11.3 Å². The highest BCUT2D eigenvalue weighted by Gasteiger charge is 2.15. The lowest BCUT2D eigenvalue weighted by Gasteiger charge is -2.08. The summed E-state index contributed by atoms with van der Waals surface area (Å²) in [6.45, 7) is 0. The number of sulfonamides is 1. The highest BCUT2D eigenvalue weighted by Crippen LogP contribution is 2.22. The van der Waals surface area contributed by atoms with Gasteiger partial charge in [-0.15, -0.1) is 11.3 Å². The molecule has 4 aromatic rings. The van der Waals surface area contributed by atoms with Crippen molar-refractivity contribution in [1.82, 2.24) is 9.97 Å². The zero-order valence-corrected chi connectivity index (χ0v) is 17.5. The molecule has 0 spiro atoms. The maximum absolute atomic E-state index is 12.5. The minimum absolute atomic E-state index is 0.111. The van der Waals surface area contributed by atoms with Crippen molar-refractivity contribution in [2.45, 2.75) is 4.21 Å². The van der Waals surface area contributed by atoms with Crippen LogP contribution >= 0.6 is 11.3 Å². The Morgan fingerprint density at radius 1 is 0.935 bits per heavy atom. The second-order valence-corrected chi connectivity index (χ2v) is 9.27. The number of aromatic nitrogens is 2. The Balaban J connectivity index is 1.42. The summed E-state index contributed by atoms with van der Waals surface area (Å²) < 4.78 is 27.2. The van der Waals surface area contributed by atoms with E-state index >= 15 is 0 Å². The van der Waals surface area contributed by atoms with Crippen LogP contribution in [0.3, 0.4) is 0 Å². The van der Waals surface area contributed by atoms with Gasteiger partial charge in [0, 0.05) is 16.8 Å². The molecular formula is C21H16N4O4S2. The van der Waals surface area contributed by atoms with Crippen LogP contribution in [0.25, 0.3) is 11.4 Å². The molecule has 31 heavy (non-hydrogen) atoms. The third-order valence-electron chi connectivity index (χ3n) is 4.17. The van der Waals surface area contributed by atoms with E-state index < -0.39 is 10.0 Å². The topological polar surface area (TPSA) is 121 Å². The number of carbonyl (C=O) groups excluding carboxylic acids is 1. The van der Waals surface area contributed by atoms with Crippen LogP contribution in [0, 0.1) is 0 Å². The summed E-state index contributed by atoms with van der Waals surface area (Å²) in [5.41, 5.74) is 1.75. The predicted molar refractivity (Wildman–Crippen MR) is 119 cm³/mol. The van der Waals surface area contributed by atoms with E-state index in [1.54, 1.807) is 35.7 Å². The lowest BCUT2D eigenvalue weighted by molar-refractivity contribution is 0.102. The number of nitrogens with one attached hydrogen (secondary N) is 2. The highest BCUT2D eigenvalue weighted by atomic mass is 32.2. The molecule has 0 aliphatic carbocycles. The Hall–Kier alpha value is -3.76. The number of aromatic hydroxyl groups is 1. The number of nitrogens with zero attached hydrogens (tertiary/aromatic N) is 2. The molecule has 2 aromatic carbocycles. The van der Waals surface area contributed by atoms with Crippen molar-refractivity contribution < 1.29 is 18.3 Å². The molecule has 8 nitrogen and oxygen atoms in total. The third-order valence-corrected chi connectivity index (χ3v) is 6.95. The molecule has 0 atom stereocenters. The molecule has 1 amide bonds. The Kier molecular flexibility index (Phi) is 5.65. The largest absolute Gasteiger partial charge is 0.508 e. The van der Waals surface area contributed by atoms with E-state index in [1.165, 1.54) is 42.7 Å². The van der Waals surface area contributed by atoms with Crippen molar-refractivity contribution in [1.29, 1.82) is 0 Å². The van der Waals surface area contributed by atoms with Gasteiger partial charge < -0.3 is 10.4 Å². The fourth-order valence-corrected chi connectivity index (χ4v) is 4.75. The second-order valence-electron chi connectivity index (χ2n) is 6.41. The molecule has 0 saturated heterocycles. The molecule has 0 fully saturated rings. The van der Waals surface area contributed by atoms with Crippen LogP contribution in [0.4, 0.5) is 11.4 Å². The van der Waals surface area contributed by atoms with Crippen LogP contribution < -0.4 is 10.0 Å². The number of hydrogen-bond donors (Lipinski definition) is 3. The average molecular weight is 453 g/mol. The first-order valence-corrected chi connectivity index (χ1v) is 11.4. The predicted octanol–water partition coefficient (Wildman–Crippen LogP) is 3.96. The van der Waals surface area contributed by atoms with Gasteiger partial charge in [0.05, 0.1) is 18.1 Å². The molecule has 0 aliphatic heterocycles. The molecule has 0 bridgehead atoms. The standard InChI is InChI=1S/C21H16N4O4S2/c26-18-4-1-3-15(11-18)20-22-12-17(13-23-20)24-21(27)14-6-8-16(9-7-14)25-31(28,29)19-5-2-10-30-19/h1-13,25-26H,(H,24,27). The van der Waals surface area contributed by atoms with E-state index in [1.807, 2.05) is 0 Å². The fourth-order valence-electron chi connectivity index (χ4n) is 2.70. The highest BCUT2D eigenvalue weighted by molar-refractivity contribution is 7.94. The lowest BCUT2D eigenvalue weighted by atomic mass is 10.2. The minimum Gasteiger partial charge on any atom is -0.508 e. The Bertz CT molecular complexity index is 1300. The van der Waals surface area contributed by atoms with Crippen LogP contribution in [0.5, 0.6) is 5.75 Å². The minimum atomic E-state index is -3.65. The first kappa shape index (κ1) is 20.5. The smallest absolute Gasteiger partial charge is 0.271 e. The van der Waals surface area contributed by atoms with Crippen molar-refractivity contribution in [3.8, 4) is 17.1 Å². The molecule has 10 heteroatoms. The van der Waals surface area contributed by atoms with Gasteiger partial charge in [-0.1, -0.05) is 18.2 Å².